The quantitative estimate of drug-likeness (QED) is 0.528. The average molecular weight is 272 g/mol. The van der Waals surface area contributed by atoms with E-state index in [4.69, 9.17) is 14.2 Å². The molecule has 4 nitrogen and oxygen atoms in total. The Bertz CT molecular complexity index is 277. The van der Waals surface area contributed by atoms with Crippen molar-refractivity contribution in [3.63, 3.8) is 0 Å². The maximum absolute atomic E-state index is 11.7. The van der Waals surface area contributed by atoms with Crippen LogP contribution in [-0.2, 0) is 19.0 Å². The maximum atomic E-state index is 11.7. The molecule has 0 aromatic heterocycles. The fraction of sp³-hybridized carbons (Fsp3) is 0.933. The Hall–Kier alpha value is -0.610. The molecule has 0 aromatic rings. The minimum absolute atomic E-state index is 0.0260. The monoisotopic (exact) mass is 272 g/mol. The Morgan fingerprint density at radius 1 is 1.37 bits per heavy atom. The van der Waals surface area contributed by atoms with Gasteiger partial charge < -0.3 is 14.2 Å². The van der Waals surface area contributed by atoms with E-state index >= 15 is 0 Å². The summed E-state index contributed by atoms with van der Waals surface area (Å²) in [5.41, 5.74) is 0.292. The lowest BCUT2D eigenvalue weighted by Crippen LogP contribution is -2.36. The Balaban J connectivity index is 2.30. The van der Waals surface area contributed by atoms with Gasteiger partial charge in [-0.3, -0.25) is 0 Å². The van der Waals surface area contributed by atoms with Crippen LogP contribution in [0.25, 0.3) is 0 Å². The van der Waals surface area contributed by atoms with Crippen LogP contribution < -0.4 is 0 Å². The summed E-state index contributed by atoms with van der Waals surface area (Å²) in [4.78, 5) is 11.7. The SMILES string of the molecule is COCCOCC(=O)OC1CCCC(C)(C(C)C)C1. The summed E-state index contributed by atoms with van der Waals surface area (Å²) < 4.78 is 15.5. The predicted molar refractivity (Wildman–Crippen MR) is 74.0 cm³/mol. The van der Waals surface area contributed by atoms with Gasteiger partial charge in [-0.25, -0.2) is 4.79 Å². The summed E-state index contributed by atoms with van der Waals surface area (Å²) in [6, 6.07) is 0. The first-order valence-electron chi connectivity index (χ1n) is 7.24. The van der Waals surface area contributed by atoms with Crippen molar-refractivity contribution in [2.75, 3.05) is 26.9 Å². The molecule has 19 heavy (non-hydrogen) atoms. The van der Waals surface area contributed by atoms with Crippen LogP contribution in [0.5, 0.6) is 0 Å². The van der Waals surface area contributed by atoms with Crippen molar-refractivity contribution >= 4 is 5.97 Å². The van der Waals surface area contributed by atoms with E-state index in [2.05, 4.69) is 20.8 Å². The van der Waals surface area contributed by atoms with Crippen LogP contribution in [0, 0.1) is 11.3 Å². The molecule has 4 heteroatoms. The molecule has 1 rings (SSSR count). The van der Waals surface area contributed by atoms with E-state index in [0.717, 1.165) is 19.3 Å². The number of hydrogen-bond donors (Lipinski definition) is 0. The van der Waals surface area contributed by atoms with Crippen molar-refractivity contribution in [1.82, 2.24) is 0 Å². The number of hydrogen-bond acceptors (Lipinski definition) is 4. The number of carbonyl (C=O) groups is 1. The average Bonchev–Trinajstić information content (AvgIpc) is 2.34. The molecule has 1 saturated carbocycles. The van der Waals surface area contributed by atoms with E-state index in [0.29, 0.717) is 24.5 Å². The van der Waals surface area contributed by atoms with E-state index < -0.39 is 0 Å². The molecule has 0 N–H and O–H groups in total. The van der Waals surface area contributed by atoms with Gasteiger partial charge in [-0.05, 0) is 37.0 Å². The molecule has 0 spiro atoms. The van der Waals surface area contributed by atoms with E-state index in [9.17, 15) is 4.79 Å². The zero-order valence-corrected chi connectivity index (χ0v) is 12.7. The van der Waals surface area contributed by atoms with Crippen molar-refractivity contribution in [3.8, 4) is 0 Å². The number of carbonyl (C=O) groups excluding carboxylic acids is 1. The van der Waals surface area contributed by atoms with Gasteiger partial charge in [0.2, 0.25) is 0 Å². The van der Waals surface area contributed by atoms with Gasteiger partial charge in [0.15, 0.2) is 0 Å². The highest BCUT2D eigenvalue weighted by Gasteiger charge is 2.36. The molecule has 0 heterocycles. The smallest absolute Gasteiger partial charge is 0.332 e. The van der Waals surface area contributed by atoms with Gasteiger partial charge in [0.05, 0.1) is 13.2 Å². The molecule has 1 fully saturated rings. The second-order valence-corrected chi connectivity index (χ2v) is 6.06. The van der Waals surface area contributed by atoms with Crippen molar-refractivity contribution in [3.05, 3.63) is 0 Å². The second kappa shape index (κ2) is 7.85. The Morgan fingerprint density at radius 3 is 2.74 bits per heavy atom. The summed E-state index contributed by atoms with van der Waals surface area (Å²) in [5.74, 6) is 0.362. The van der Waals surface area contributed by atoms with Crippen LogP contribution in [0.4, 0.5) is 0 Å². The molecule has 1 aliphatic carbocycles. The molecular weight excluding hydrogens is 244 g/mol. The number of esters is 1. The molecule has 112 valence electrons. The van der Waals surface area contributed by atoms with Crippen molar-refractivity contribution in [1.29, 1.82) is 0 Å². The highest BCUT2D eigenvalue weighted by atomic mass is 16.6. The molecule has 0 aromatic carbocycles. The lowest BCUT2D eigenvalue weighted by atomic mass is 9.67. The number of methoxy groups -OCH3 is 1. The maximum Gasteiger partial charge on any atom is 0.332 e. The summed E-state index contributed by atoms with van der Waals surface area (Å²) in [5, 5.41) is 0. The third-order valence-corrected chi connectivity index (χ3v) is 4.31. The van der Waals surface area contributed by atoms with Crippen molar-refractivity contribution < 1.29 is 19.0 Å². The topological polar surface area (TPSA) is 44.8 Å². The first-order valence-corrected chi connectivity index (χ1v) is 7.24. The highest BCUT2D eigenvalue weighted by molar-refractivity contribution is 5.70. The third-order valence-electron chi connectivity index (χ3n) is 4.31. The standard InChI is InChI=1S/C15H28O4/c1-12(2)15(3)7-5-6-13(10-15)19-14(16)11-18-9-8-17-4/h12-13H,5-11H2,1-4H3. The van der Waals surface area contributed by atoms with Gasteiger partial charge in [0.1, 0.15) is 12.7 Å². The van der Waals surface area contributed by atoms with E-state index in [1.807, 2.05) is 0 Å². The van der Waals surface area contributed by atoms with Crippen LogP contribution in [0.1, 0.15) is 46.5 Å². The van der Waals surface area contributed by atoms with Crippen LogP contribution in [0.15, 0.2) is 0 Å². The van der Waals surface area contributed by atoms with E-state index in [-0.39, 0.29) is 18.7 Å². The molecule has 0 radical (unpaired) electrons. The summed E-state index contributed by atoms with van der Waals surface area (Å²) in [6.45, 7) is 7.75. The van der Waals surface area contributed by atoms with Gasteiger partial charge in [-0.15, -0.1) is 0 Å². The van der Waals surface area contributed by atoms with Gasteiger partial charge in [0.25, 0.3) is 0 Å². The van der Waals surface area contributed by atoms with Crippen LogP contribution in [0.3, 0.4) is 0 Å². The molecule has 1 aliphatic rings. The first kappa shape index (κ1) is 16.4. The van der Waals surface area contributed by atoms with Gasteiger partial charge in [-0.1, -0.05) is 20.8 Å². The van der Waals surface area contributed by atoms with Crippen molar-refractivity contribution in [2.24, 2.45) is 11.3 Å². The summed E-state index contributed by atoms with van der Waals surface area (Å²) >= 11 is 0. The van der Waals surface area contributed by atoms with Gasteiger partial charge in [0, 0.05) is 7.11 Å². The Kier molecular flexibility index (Phi) is 6.80. The summed E-state index contributed by atoms with van der Waals surface area (Å²) in [6.07, 6.45) is 4.36. The van der Waals surface area contributed by atoms with Gasteiger partial charge >= 0.3 is 5.97 Å². The number of rotatable bonds is 7. The summed E-state index contributed by atoms with van der Waals surface area (Å²) in [7, 11) is 1.61. The molecular formula is C15H28O4. The fourth-order valence-electron chi connectivity index (χ4n) is 2.60. The Labute approximate surface area is 116 Å². The van der Waals surface area contributed by atoms with Gasteiger partial charge in [-0.2, -0.15) is 0 Å². The van der Waals surface area contributed by atoms with Crippen molar-refractivity contribution in [2.45, 2.75) is 52.6 Å². The highest BCUT2D eigenvalue weighted by Crippen LogP contribution is 2.42. The molecule has 0 aliphatic heterocycles. The fourth-order valence-corrected chi connectivity index (χ4v) is 2.60. The minimum Gasteiger partial charge on any atom is -0.461 e. The lowest BCUT2D eigenvalue weighted by molar-refractivity contribution is -0.159. The normalized spacial score (nSPS) is 27.5. The minimum atomic E-state index is -0.255. The zero-order valence-electron chi connectivity index (χ0n) is 12.7. The second-order valence-electron chi connectivity index (χ2n) is 6.06. The molecule has 2 unspecified atom stereocenters. The molecule has 2 atom stereocenters. The Morgan fingerprint density at radius 2 is 2.11 bits per heavy atom. The van der Waals surface area contributed by atoms with E-state index in [1.54, 1.807) is 7.11 Å². The predicted octanol–water partition coefficient (Wildman–Crippen LogP) is 2.80. The molecule has 0 bridgehead atoms. The van der Waals surface area contributed by atoms with Crippen LogP contribution >= 0.6 is 0 Å². The lowest BCUT2D eigenvalue weighted by Gasteiger charge is -2.40. The van der Waals surface area contributed by atoms with E-state index in [1.165, 1.54) is 6.42 Å². The largest absolute Gasteiger partial charge is 0.461 e. The molecule has 0 saturated heterocycles. The third kappa shape index (κ3) is 5.49. The first-order chi connectivity index (χ1) is 8.98. The van der Waals surface area contributed by atoms with Crippen LogP contribution in [-0.4, -0.2) is 39.0 Å². The van der Waals surface area contributed by atoms with Crippen LogP contribution in [0.2, 0.25) is 0 Å². The zero-order chi connectivity index (χ0) is 14.3. The molecule has 0 amide bonds. The number of ether oxygens (including phenoxy) is 3.